The van der Waals surface area contributed by atoms with E-state index in [0.29, 0.717) is 33.8 Å². The van der Waals surface area contributed by atoms with Crippen molar-refractivity contribution in [3.63, 3.8) is 0 Å². The number of ether oxygens (including phenoxy) is 4. The maximum atomic E-state index is 12.3. The lowest BCUT2D eigenvalue weighted by molar-refractivity contribution is 0.0467. The molecule has 0 aliphatic rings. The number of hydrogen-bond donors (Lipinski definition) is 0. The van der Waals surface area contributed by atoms with Crippen molar-refractivity contribution >= 4 is 16.9 Å². The van der Waals surface area contributed by atoms with Crippen molar-refractivity contribution in [1.29, 1.82) is 0 Å². The van der Waals surface area contributed by atoms with E-state index in [0.717, 1.165) is 0 Å². The molecule has 0 aliphatic carbocycles. The lowest BCUT2D eigenvalue weighted by Gasteiger charge is -2.14. The van der Waals surface area contributed by atoms with Crippen LogP contribution in [0.1, 0.15) is 15.9 Å². The summed E-state index contributed by atoms with van der Waals surface area (Å²) in [5, 5.41) is 0.636. The molecule has 1 aromatic heterocycles. The topological polar surface area (TPSA) is 84.2 Å². The van der Waals surface area contributed by atoms with Crippen molar-refractivity contribution in [3.8, 4) is 17.2 Å². The third-order valence-corrected chi connectivity index (χ3v) is 3.96. The average molecular weight is 370 g/mol. The standard InChI is InChI=1S/C20H18O7/c1-23-16-8-12(9-17(24-2)18(16)25-3)11-26-19(21)14-10-13-6-4-5-7-15(13)27-20(14)22/h4-10H,11H2,1-3H3. The van der Waals surface area contributed by atoms with Gasteiger partial charge in [0.1, 0.15) is 17.8 Å². The fourth-order valence-corrected chi connectivity index (χ4v) is 2.65. The van der Waals surface area contributed by atoms with Gasteiger partial charge in [0.25, 0.3) is 0 Å². The Kier molecular flexibility index (Phi) is 5.30. The lowest BCUT2D eigenvalue weighted by Crippen LogP contribution is -2.16. The average Bonchev–Trinajstić information content (AvgIpc) is 2.70. The number of carbonyl (C=O) groups is 1. The van der Waals surface area contributed by atoms with Crippen molar-refractivity contribution in [2.45, 2.75) is 6.61 Å². The Morgan fingerprint density at radius 2 is 1.63 bits per heavy atom. The van der Waals surface area contributed by atoms with Gasteiger partial charge in [0.15, 0.2) is 11.5 Å². The van der Waals surface area contributed by atoms with E-state index in [1.54, 1.807) is 36.4 Å². The Labute approximate surface area is 155 Å². The van der Waals surface area contributed by atoms with Gasteiger partial charge in [-0.2, -0.15) is 0 Å². The molecule has 0 amide bonds. The minimum absolute atomic E-state index is 0.0815. The fraction of sp³-hybridized carbons (Fsp3) is 0.200. The third-order valence-electron chi connectivity index (χ3n) is 3.96. The maximum Gasteiger partial charge on any atom is 0.351 e. The number of methoxy groups -OCH3 is 3. The van der Waals surface area contributed by atoms with E-state index in [2.05, 4.69) is 0 Å². The predicted octanol–water partition coefficient (Wildman–Crippen LogP) is 3.18. The molecule has 0 fully saturated rings. The van der Waals surface area contributed by atoms with Crippen LogP contribution in [0.25, 0.3) is 11.0 Å². The number of para-hydroxylation sites is 1. The fourth-order valence-electron chi connectivity index (χ4n) is 2.65. The number of esters is 1. The Bertz CT molecular complexity index is 1010. The summed E-state index contributed by atoms with van der Waals surface area (Å²) in [6.45, 7) is -0.0815. The molecule has 0 unspecified atom stereocenters. The summed E-state index contributed by atoms with van der Waals surface area (Å²) in [5.41, 5.74) is 0.108. The van der Waals surface area contributed by atoms with Gasteiger partial charge in [0.2, 0.25) is 5.75 Å². The van der Waals surface area contributed by atoms with Crippen LogP contribution in [0.4, 0.5) is 0 Å². The molecule has 0 saturated heterocycles. The van der Waals surface area contributed by atoms with Crippen LogP contribution in [-0.4, -0.2) is 27.3 Å². The van der Waals surface area contributed by atoms with E-state index in [9.17, 15) is 9.59 Å². The largest absolute Gasteiger partial charge is 0.493 e. The first-order valence-corrected chi connectivity index (χ1v) is 8.06. The number of benzene rings is 2. The van der Waals surface area contributed by atoms with Crippen molar-refractivity contribution in [1.82, 2.24) is 0 Å². The summed E-state index contributed by atoms with van der Waals surface area (Å²) in [5.74, 6) is 0.537. The lowest BCUT2D eigenvalue weighted by atomic mass is 10.2. The van der Waals surface area contributed by atoms with E-state index in [-0.39, 0.29) is 12.2 Å². The molecular weight excluding hydrogens is 352 g/mol. The summed E-state index contributed by atoms with van der Waals surface area (Å²) < 4.78 is 26.2. The van der Waals surface area contributed by atoms with Crippen LogP contribution in [0.5, 0.6) is 17.2 Å². The van der Waals surface area contributed by atoms with Crippen LogP contribution in [0.15, 0.2) is 51.7 Å². The molecule has 0 bridgehead atoms. The highest BCUT2D eigenvalue weighted by atomic mass is 16.5. The highest BCUT2D eigenvalue weighted by Crippen LogP contribution is 2.38. The summed E-state index contributed by atoms with van der Waals surface area (Å²) in [7, 11) is 4.49. The Balaban J connectivity index is 1.84. The van der Waals surface area contributed by atoms with E-state index in [1.807, 2.05) is 0 Å². The van der Waals surface area contributed by atoms with E-state index < -0.39 is 11.6 Å². The van der Waals surface area contributed by atoms with E-state index in [4.69, 9.17) is 23.4 Å². The molecule has 0 radical (unpaired) electrons. The second-order valence-corrected chi connectivity index (χ2v) is 5.60. The first-order valence-electron chi connectivity index (χ1n) is 8.06. The zero-order valence-corrected chi connectivity index (χ0v) is 15.1. The van der Waals surface area contributed by atoms with Gasteiger partial charge >= 0.3 is 11.6 Å². The van der Waals surface area contributed by atoms with Gasteiger partial charge in [-0.1, -0.05) is 18.2 Å². The maximum absolute atomic E-state index is 12.3. The van der Waals surface area contributed by atoms with Crippen LogP contribution < -0.4 is 19.8 Å². The highest BCUT2D eigenvalue weighted by molar-refractivity contribution is 5.92. The smallest absolute Gasteiger partial charge is 0.351 e. The van der Waals surface area contributed by atoms with E-state index >= 15 is 0 Å². The van der Waals surface area contributed by atoms with Gasteiger partial charge in [-0.05, 0) is 29.8 Å². The zero-order chi connectivity index (χ0) is 19.4. The Morgan fingerprint density at radius 1 is 0.963 bits per heavy atom. The summed E-state index contributed by atoms with van der Waals surface area (Å²) in [6.07, 6.45) is 0. The molecule has 7 nitrogen and oxygen atoms in total. The SMILES string of the molecule is COc1cc(COC(=O)c2cc3ccccc3oc2=O)cc(OC)c1OC. The normalized spacial score (nSPS) is 10.5. The number of hydrogen-bond acceptors (Lipinski definition) is 7. The van der Waals surface area contributed by atoms with Gasteiger partial charge in [-0.3, -0.25) is 0 Å². The molecule has 7 heteroatoms. The highest BCUT2D eigenvalue weighted by Gasteiger charge is 2.17. The van der Waals surface area contributed by atoms with Crippen molar-refractivity contribution in [2.75, 3.05) is 21.3 Å². The monoisotopic (exact) mass is 370 g/mol. The van der Waals surface area contributed by atoms with Gasteiger partial charge < -0.3 is 23.4 Å². The quantitative estimate of drug-likeness (QED) is 0.487. The minimum atomic E-state index is -0.775. The molecule has 140 valence electrons. The summed E-state index contributed by atoms with van der Waals surface area (Å²) in [6, 6.07) is 11.7. The molecule has 3 aromatic rings. The molecule has 0 N–H and O–H groups in total. The third kappa shape index (κ3) is 3.72. The molecule has 1 heterocycles. The van der Waals surface area contributed by atoms with Crippen molar-refractivity contribution < 1.29 is 28.2 Å². The van der Waals surface area contributed by atoms with Crippen LogP contribution in [0.3, 0.4) is 0 Å². The first-order chi connectivity index (χ1) is 13.1. The van der Waals surface area contributed by atoms with Gasteiger partial charge in [0.05, 0.1) is 21.3 Å². The second kappa shape index (κ2) is 7.82. The molecule has 0 atom stereocenters. The summed E-state index contributed by atoms with van der Waals surface area (Å²) >= 11 is 0. The van der Waals surface area contributed by atoms with Crippen LogP contribution in [-0.2, 0) is 11.3 Å². The minimum Gasteiger partial charge on any atom is -0.493 e. The number of fused-ring (bicyclic) bond motifs is 1. The Hall–Kier alpha value is -3.48. The summed E-state index contributed by atoms with van der Waals surface area (Å²) in [4.78, 5) is 24.4. The van der Waals surface area contributed by atoms with Crippen LogP contribution in [0, 0.1) is 0 Å². The van der Waals surface area contributed by atoms with E-state index in [1.165, 1.54) is 27.4 Å². The van der Waals surface area contributed by atoms with Gasteiger partial charge in [-0.15, -0.1) is 0 Å². The van der Waals surface area contributed by atoms with Crippen molar-refractivity contribution in [2.24, 2.45) is 0 Å². The first kappa shape index (κ1) is 18.3. The second-order valence-electron chi connectivity index (χ2n) is 5.60. The molecule has 0 spiro atoms. The van der Waals surface area contributed by atoms with Crippen LogP contribution >= 0.6 is 0 Å². The molecule has 0 saturated carbocycles. The zero-order valence-electron chi connectivity index (χ0n) is 15.1. The van der Waals surface area contributed by atoms with Gasteiger partial charge in [0, 0.05) is 5.39 Å². The Morgan fingerprint density at radius 3 is 2.26 bits per heavy atom. The van der Waals surface area contributed by atoms with Crippen LogP contribution in [0.2, 0.25) is 0 Å². The van der Waals surface area contributed by atoms with Crippen molar-refractivity contribution in [3.05, 3.63) is 64.0 Å². The molecule has 2 aromatic carbocycles. The molecular formula is C20H18O7. The predicted molar refractivity (Wildman–Crippen MR) is 97.7 cm³/mol. The molecule has 0 aliphatic heterocycles. The molecule has 27 heavy (non-hydrogen) atoms. The molecule has 3 rings (SSSR count). The van der Waals surface area contributed by atoms with Gasteiger partial charge in [-0.25, -0.2) is 9.59 Å². The number of carbonyl (C=O) groups excluding carboxylic acids is 1. The number of rotatable bonds is 6.